The minimum Gasteiger partial charge on any atom is -0.480 e. The maximum atomic E-state index is 12.0. The number of hydrogen-bond acceptors (Lipinski definition) is 3. The summed E-state index contributed by atoms with van der Waals surface area (Å²) >= 11 is 0. The van der Waals surface area contributed by atoms with Crippen molar-refractivity contribution in [3.8, 4) is 0 Å². The molecule has 112 valence electrons. The number of benzene rings is 1. The van der Waals surface area contributed by atoms with Crippen molar-refractivity contribution in [3.05, 3.63) is 35.9 Å². The van der Waals surface area contributed by atoms with Crippen LogP contribution in [0.1, 0.15) is 19.4 Å². The zero-order valence-corrected chi connectivity index (χ0v) is 12.4. The molecule has 1 atom stereocenters. The van der Waals surface area contributed by atoms with Crippen LogP contribution >= 0.6 is 0 Å². The van der Waals surface area contributed by atoms with E-state index < -0.39 is 22.2 Å². The number of nitrogens with one attached hydrogen (secondary N) is 1. The molecule has 0 aliphatic heterocycles. The van der Waals surface area contributed by atoms with Gasteiger partial charge in [-0.25, -0.2) is 0 Å². The Labute approximate surface area is 119 Å². The van der Waals surface area contributed by atoms with Crippen LogP contribution in [0.2, 0.25) is 0 Å². The van der Waals surface area contributed by atoms with E-state index in [1.165, 1.54) is 4.31 Å². The standard InChI is InChI=1S/C13H20N2O4S/c1-3-15(4-2)20(18,19)14-12(13(16)17)10-11-8-6-5-7-9-11/h5-9,12,14H,3-4,10H2,1-2H3,(H,16,17)/t12-/m0/s1. The molecule has 0 bridgehead atoms. The van der Waals surface area contributed by atoms with E-state index in [1.54, 1.807) is 38.1 Å². The first kappa shape index (κ1) is 16.6. The van der Waals surface area contributed by atoms with Gasteiger partial charge in [-0.05, 0) is 12.0 Å². The van der Waals surface area contributed by atoms with Gasteiger partial charge in [0.15, 0.2) is 0 Å². The lowest BCUT2D eigenvalue weighted by atomic mass is 10.1. The van der Waals surface area contributed by atoms with Gasteiger partial charge in [0, 0.05) is 13.1 Å². The molecule has 0 amide bonds. The van der Waals surface area contributed by atoms with Gasteiger partial charge in [0.1, 0.15) is 6.04 Å². The Hall–Kier alpha value is -1.44. The summed E-state index contributed by atoms with van der Waals surface area (Å²) in [6.45, 7) is 4.00. The minimum absolute atomic E-state index is 0.108. The van der Waals surface area contributed by atoms with Gasteiger partial charge in [0.25, 0.3) is 10.2 Å². The van der Waals surface area contributed by atoms with E-state index in [0.717, 1.165) is 5.56 Å². The molecular formula is C13H20N2O4S. The van der Waals surface area contributed by atoms with Crippen molar-refractivity contribution in [3.63, 3.8) is 0 Å². The predicted molar refractivity (Wildman–Crippen MR) is 76.5 cm³/mol. The number of nitrogens with zero attached hydrogens (tertiary/aromatic N) is 1. The summed E-state index contributed by atoms with van der Waals surface area (Å²) in [6.07, 6.45) is 0.108. The van der Waals surface area contributed by atoms with Crippen molar-refractivity contribution in [2.24, 2.45) is 0 Å². The van der Waals surface area contributed by atoms with E-state index in [9.17, 15) is 18.3 Å². The zero-order chi connectivity index (χ0) is 15.2. The molecule has 20 heavy (non-hydrogen) atoms. The van der Waals surface area contributed by atoms with Crippen LogP contribution in [0.3, 0.4) is 0 Å². The van der Waals surface area contributed by atoms with Crippen molar-refractivity contribution >= 4 is 16.2 Å². The fraction of sp³-hybridized carbons (Fsp3) is 0.462. The Bertz CT molecular complexity index is 527. The topological polar surface area (TPSA) is 86.7 Å². The average Bonchev–Trinajstić information content (AvgIpc) is 2.39. The zero-order valence-electron chi connectivity index (χ0n) is 11.6. The Kier molecular flexibility index (Phi) is 6.12. The van der Waals surface area contributed by atoms with Gasteiger partial charge in [-0.2, -0.15) is 17.4 Å². The van der Waals surface area contributed by atoms with Crippen LogP contribution in [0, 0.1) is 0 Å². The van der Waals surface area contributed by atoms with Crippen LogP contribution in [0.25, 0.3) is 0 Å². The van der Waals surface area contributed by atoms with Crippen LogP contribution in [-0.4, -0.2) is 42.9 Å². The maximum absolute atomic E-state index is 12.0. The molecule has 0 aliphatic rings. The Morgan fingerprint density at radius 3 is 2.25 bits per heavy atom. The number of aliphatic carboxylic acids is 1. The minimum atomic E-state index is -3.78. The van der Waals surface area contributed by atoms with Crippen molar-refractivity contribution < 1.29 is 18.3 Å². The molecule has 1 aromatic carbocycles. The summed E-state index contributed by atoms with van der Waals surface area (Å²) in [6, 6.07) is 7.74. The molecule has 6 nitrogen and oxygen atoms in total. The number of carboxylic acid groups (broad SMARTS) is 1. The third-order valence-electron chi connectivity index (χ3n) is 2.92. The van der Waals surface area contributed by atoms with Gasteiger partial charge in [0.05, 0.1) is 0 Å². The van der Waals surface area contributed by atoms with Gasteiger partial charge in [-0.3, -0.25) is 4.79 Å². The van der Waals surface area contributed by atoms with Gasteiger partial charge < -0.3 is 5.11 Å². The Balaban J connectivity index is 2.86. The largest absolute Gasteiger partial charge is 0.480 e. The quantitative estimate of drug-likeness (QED) is 0.745. The fourth-order valence-electron chi connectivity index (χ4n) is 1.85. The second-order valence-electron chi connectivity index (χ2n) is 4.29. The summed E-state index contributed by atoms with van der Waals surface area (Å²) in [5.74, 6) is -1.19. The van der Waals surface area contributed by atoms with E-state index in [2.05, 4.69) is 4.72 Å². The van der Waals surface area contributed by atoms with Crippen LogP contribution in [-0.2, 0) is 21.4 Å². The maximum Gasteiger partial charge on any atom is 0.322 e. The second kappa shape index (κ2) is 7.37. The second-order valence-corrected chi connectivity index (χ2v) is 5.99. The first-order valence-electron chi connectivity index (χ1n) is 6.44. The third kappa shape index (κ3) is 4.59. The highest BCUT2D eigenvalue weighted by Crippen LogP contribution is 2.06. The van der Waals surface area contributed by atoms with Crippen LogP contribution in [0.4, 0.5) is 0 Å². The first-order valence-corrected chi connectivity index (χ1v) is 7.88. The molecular weight excluding hydrogens is 280 g/mol. The lowest BCUT2D eigenvalue weighted by Crippen LogP contribution is -2.49. The first-order chi connectivity index (χ1) is 9.40. The molecule has 0 fully saturated rings. The van der Waals surface area contributed by atoms with Crippen LogP contribution < -0.4 is 4.72 Å². The molecule has 0 spiro atoms. The van der Waals surface area contributed by atoms with E-state index in [-0.39, 0.29) is 6.42 Å². The number of carbonyl (C=O) groups is 1. The Morgan fingerprint density at radius 2 is 1.80 bits per heavy atom. The predicted octanol–water partition coefficient (Wildman–Crippen LogP) is 0.858. The number of rotatable bonds is 8. The van der Waals surface area contributed by atoms with Gasteiger partial charge in [-0.15, -0.1) is 0 Å². The van der Waals surface area contributed by atoms with Gasteiger partial charge in [-0.1, -0.05) is 44.2 Å². The SMILES string of the molecule is CCN(CC)S(=O)(=O)N[C@@H](Cc1ccccc1)C(=O)O. The van der Waals surface area contributed by atoms with Crippen molar-refractivity contribution in [1.82, 2.24) is 9.03 Å². The lowest BCUT2D eigenvalue weighted by Gasteiger charge is -2.22. The van der Waals surface area contributed by atoms with E-state index in [1.807, 2.05) is 6.07 Å². The highest BCUT2D eigenvalue weighted by atomic mass is 32.2. The molecule has 0 saturated carbocycles. The van der Waals surface area contributed by atoms with E-state index in [4.69, 9.17) is 0 Å². The highest BCUT2D eigenvalue weighted by Gasteiger charge is 2.27. The average molecular weight is 300 g/mol. The van der Waals surface area contributed by atoms with Crippen molar-refractivity contribution in [2.75, 3.05) is 13.1 Å². The summed E-state index contributed by atoms with van der Waals surface area (Å²) in [4.78, 5) is 11.2. The molecule has 0 unspecified atom stereocenters. The summed E-state index contributed by atoms with van der Waals surface area (Å²) in [5.41, 5.74) is 0.766. The molecule has 2 N–H and O–H groups in total. The molecule has 1 aromatic rings. The molecule has 0 heterocycles. The highest BCUT2D eigenvalue weighted by molar-refractivity contribution is 7.87. The summed E-state index contributed by atoms with van der Waals surface area (Å²) in [7, 11) is -3.78. The van der Waals surface area contributed by atoms with E-state index in [0.29, 0.717) is 13.1 Å². The molecule has 1 rings (SSSR count). The van der Waals surface area contributed by atoms with Gasteiger partial charge in [0.2, 0.25) is 0 Å². The molecule has 0 saturated heterocycles. The number of carboxylic acids is 1. The van der Waals surface area contributed by atoms with Crippen LogP contribution in [0.5, 0.6) is 0 Å². The monoisotopic (exact) mass is 300 g/mol. The molecule has 7 heteroatoms. The lowest BCUT2D eigenvalue weighted by molar-refractivity contribution is -0.138. The summed E-state index contributed by atoms with van der Waals surface area (Å²) < 4.78 is 27.5. The molecule has 0 aromatic heterocycles. The smallest absolute Gasteiger partial charge is 0.322 e. The molecule has 0 aliphatic carbocycles. The Morgan fingerprint density at radius 1 is 1.25 bits per heavy atom. The van der Waals surface area contributed by atoms with Crippen LogP contribution in [0.15, 0.2) is 30.3 Å². The fourth-order valence-corrected chi connectivity index (χ4v) is 3.22. The van der Waals surface area contributed by atoms with E-state index >= 15 is 0 Å². The normalized spacial score (nSPS) is 13.3. The third-order valence-corrected chi connectivity index (χ3v) is 4.70. The molecule has 0 radical (unpaired) electrons. The summed E-state index contributed by atoms with van der Waals surface area (Å²) in [5, 5.41) is 9.18. The number of hydrogen-bond donors (Lipinski definition) is 2. The van der Waals surface area contributed by atoms with Gasteiger partial charge >= 0.3 is 5.97 Å². The van der Waals surface area contributed by atoms with Crippen molar-refractivity contribution in [2.45, 2.75) is 26.3 Å². The van der Waals surface area contributed by atoms with Crippen molar-refractivity contribution in [1.29, 1.82) is 0 Å².